The number of benzene rings is 2. The number of carbonyl (C=O) groups is 2. The molecule has 1 saturated carbocycles. The standard InChI is InChI=1S/C24H29FN2O3/c1-17-11-13-19(14-12-17)15-27(18(2)24(29)26-20-7-3-4-8-20)23(28)16-30-22-10-6-5-9-21(22)25/h5-6,9-14,18,20H,3-4,7-8,15-16H2,1-2H3,(H,26,29)/t18-/m1/s1. The van der Waals surface area contributed by atoms with E-state index in [1.807, 2.05) is 31.2 Å². The van der Waals surface area contributed by atoms with Gasteiger partial charge in [0.1, 0.15) is 6.04 Å². The average Bonchev–Trinajstić information content (AvgIpc) is 3.25. The number of aryl methyl sites for hydroxylation is 1. The third kappa shape index (κ3) is 5.81. The Labute approximate surface area is 177 Å². The number of amides is 2. The zero-order valence-electron chi connectivity index (χ0n) is 17.6. The van der Waals surface area contributed by atoms with E-state index in [1.54, 1.807) is 19.1 Å². The molecule has 0 unspecified atom stereocenters. The molecule has 1 N–H and O–H groups in total. The van der Waals surface area contributed by atoms with Gasteiger partial charge < -0.3 is 15.0 Å². The van der Waals surface area contributed by atoms with Crippen molar-refractivity contribution in [3.05, 3.63) is 65.5 Å². The van der Waals surface area contributed by atoms with E-state index in [4.69, 9.17) is 4.74 Å². The minimum Gasteiger partial charge on any atom is -0.481 e. The first-order valence-corrected chi connectivity index (χ1v) is 10.5. The van der Waals surface area contributed by atoms with Crippen LogP contribution in [-0.2, 0) is 16.1 Å². The predicted molar refractivity (Wildman–Crippen MR) is 113 cm³/mol. The normalized spacial score (nSPS) is 14.9. The van der Waals surface area contributed by atoms with Crippen LogP contribution in [0.4, 0.5) is 4.39 Å². The molecule has 0 aromatic heterocycles. The molecule has 3 rings (SSSR count). The Hall–Kier alpha value is -2.89. The molecule has 1 atom stereocenters. The maximum Gasteiger partial charge on any atom is 0.261 e. The van der Waals surface area contributed by atoms with Crippen LogP contribution in [0.25, 0.3) is 0 Å². The topological polar surface area (TPSA) is 58.6 Å². The van der Waals surface area contributed by atoms with Crippen LogP contribution in [0.15, 0.2) is 48.5 Å². The smallest absolute Gasteiger partial charge is 0.261 e. The van der Waals surface area contributed by atoms with E-state index in [0.717, 1.165) is 36.8 Å². The van der Waals surface area contributed by atoms with Gasteiger partial charge in [-0.3, -0.25) is 9.59 Å². The lowest BCUT2D eigenvalue weighted by Gasteiger charge is -2.29. The van der Waals surface area contributed by atoms with E-state index < -0.39 is 11.9 Å². The summed E-state index contributed by atoms with van der Waals surface area (Å²) < 4.78 is 19.2. The van der Waals surface area contributed by atoms with Gasteiger partial charge in [0.25, 0.3) is 5.91 Å². The maximum atomic E-state index is 13.8. The van der Waals surface area contributed by atoms with Crippen molar-refractivity contribution in [3.8, 4) is 5.75 Å². The maximum absolute atomic E-state index is 13.8. The fourth-order valence-electron chi connectivity index (χ4n) is 3.65. The predicted octanol–water partition coefficient (Wildman–Crippen LogP) is 3.99. The second kappa shape index (κ2) is 10.2. The number of rotatable bonds is 8. The van der Waals surface area contributed by atoms with Crippen molar-refractivity contribution >= 4 is 11.8 Å². The molecule has 1 fully saturated rings. The van der Waals surface area contributed by atoms with Crippen LogP contribution in [0.3, 0.4) is 0 Å². The van der Waals surface area contributed by atoms with Gasteiger partial charge in [-0.2, -0.15) is 0 Å². The molecule has 0 heterocycles. The number of nitrogens with zero attached hydrogens (tertiary/aromatic N) is 1. The molecule has 0 aliphatic heterocycles. The van der Waals surface area contributed by atoms with Crippen LogP contribution in [0, 0.1) is 12.7 Å². The molecule has 5 nitrogen and oxygen atoms in total. The molecular formula is C24H29FN2O3. The summed E-state index contributed by atoms with van der Waals surface area (Å²) in [5.74, 6) is -1.05. The molecular weight excluding hydrogens is 383 g/mol. The van der Waals surface area contributed by atoms with E-state index >= 15 is 0 Å². The first kappa shape index (κ1) is 21.8. The lowest BCUT2D eigenvalue weighted by molar-refractivity contribution is -0.142. The molecule has 0 spiro atoms. The van der Waals surface area contributed by atoms with Crippen LogP contribution in [0.1, 0.15) is 43.7 Å². The zero-order valence-corrected chi connectivity index (χ0v) is 17.6. The van der Waals surface area contributed by atoms with Crippen LogP contribution >= 0.6 is 0 Å². The minimum atomic E-state index is -0.663. The Kier molecular flexibility index (Phi) is 7.44. The Morgan fingerprint density at radius 1 is 1.13 bits per heavy atom. The summed E-state index contributed by atoms with van der Waals surface area (Å²) in [7, 11) is 0. The number of para-hydroxylation sites is 1. The molecule has 2 aromatic carbocycles. The SMILES string of the molecule is Cc1ccc(CN(C(=O)COc2ccccc2F)[C@H](C)C(=O)NC2CCCC2)cc1. The van der Waals surface area contributed by atoms with Crippen LogP contribution in [0.2, 0.25) is 0 Å². The highest BCUT2D eigenvalue weighted by molar-refractivity contribution is 5.88. The van der Waals surface area contributed by atoms with Crippen molar-refractivity contribution in [2.75, 3.05) is 6.61 Å². The molecule has 1 aliphatic carbocycles. The molecule has 2 amide bonds. The summed E-state index contributed by atoms with van der Waals surface area (Å²) >= 11 is 0. The van der Waals surface area contributed by atoms with Crippen molar-refractivity contribution in [1.82, 2.24) is 10.2 Å². The number of halogens is 1. The third-order valence-corrected chi connectivity index (χ3v) is 5.53. The van der Waals surface area contributed by atoms with Crippen molar-refractivity contribution in [2.45, 2.75) is 58.2 Å². The Morgan fingerprint density at radius 2 is 1.80 bits per heavy atom. The van der Waals surface area contributed by atoms with Gasteiger partial charge in [0.05, 0.1) is 0 Å². The van der Waals surface area contributed by atoms with Gasteiger partial charge in [0, 0.05) is 12.6 Å². The molecule has 160 valence electrons. The van der Waals surface area contributed by atoms with Gasteiger partial charge >= 0.3 is 0 Å². The second-order valence-electron chi connectivity index (χ2n) is 7.89. The monoisotopic (exact) mass is 412 g/mol. The van der Waals surface area contributed by atoms with Gasteiger partial charge in [-0.05, 0) is 44.4 Å². The molecule has 1 aliphatic rings. The highest BCUT2D eigenvalue weighted by Gasteiger charge is 2.28. The lowest BCUT2D eigenvalue weighted by Crippen LogP contribution is -2.50. The molecule has 0 saturated heterocycles. The lowest BCUT2D eigenvalue weighted by atomic mass is 10.1. The summed E-state index contributed by atoms with van der Waals surface area (Å²) in [4.78, 5) is 27.3. The number of hydrogen-bond acceptors (Lipinski definition) is 3. The fraction of sp³-hybridized carbons (Fsp3) is 0.417. The largest absolute Gasteiger partial charge is 0.481 e. The van der Waals surface area contributed by atoms with E-state index in [-0.39, 0.29) is 36.8 Å². The summed E-state index contributed by atoms with van der Waals surface area (Å²) in [6, 6.07) is 13.3. The zero-order chi connectivity index (χ0) is 21.5. The molecule has 6 heteroatoms. The van der Waals surface area contributed by atoms with E-state index in [0.29, 0.717) is 0 Å². The molecule has 0 radical (unpaired) electrons. The van der Waals surface area contributed by atoms with E-state index in [1.165, 1.54) is 17.0 Å². The molecule has 0 bridgehead atoms. The average molecular weight is 413 g/mol. The van der Waals surface area contributed by atoms with E-state index in [2.05, 4.69) is 5.32 Å². The second-order valence-corrected chi connectivity index (χ2v) is 7.89. The summed E-state index contributed by atoms with van der Waals surface area (Å²) in [6.45, 7) is 3.65. The Bertz CT molecular complexity index is 863. The minimum absolute atomic E-state index is 0.0178. The van der Waals surface area contributed by atoms with E-state index in [9.17, 15) is 14.0 Å². The van der Waals surface area contributed by atoms with Crippen LogP contribution < -0.4 is 10.1 Å². The number of nitrogens with one attached hydrogen (secondary N) is 1. The summed E-state index contributed by atoms with van der Waals surface area (Å²) in [6.07, 6.45) is 4.17. The Morgan fingerprint density at radius 3 is 2.47 bits per heavy atom. The van der Waals surface area contributed by atoms with Crippen molar-refractivity contribution in [2.24, 2.45) is 0 Å². The van der Waals surface area contributed by atoms with Crippen molar-refractivity contribution < 1.29 is 18.7 Å². The summed E-state index contributed by atoms with van der Waals surface area (Å²) in [5, 5.41) is 3.06. The number of carbonyl (C=O) groups excluding carboxylic acids is 2. The number of ether oxygens (including phenoxy) is 1. The van der Waals surface area contributed by atoms with Gasteiger partial charge in [-0.25, -0.2) is 4.39 Å². The first-order valence-electron chi connectivity index (χ1n) is 10.5. The summed E-state index contributed by atoms with van der Waals surface area (Å²) in [5.41, 5.74) is 2.03. The molecule has 30 heavy (non-hydrogen) atoms. The fourth-order valence-corrected chi connectivity index (χ4v) is 3.65. The highest BCUT2D eigenvalue weighted by atomic mass is 19.1. The van der Waals surface area contributed by atoms with Gasteiger partial charge in [-0.1, -0.05) is 54.8 Å². The van der Waals surface area contributed by atoms with Gasteiger partial charge in [0.15, 0.2) is 18.2 Å². The quantitative estimate of drug-likeness (QED) is 0.713. The highest BCUT2D eigenvalue weighted by Crippen LogP contribution is 2.19. The first-order chi connectivity index (χ1) is 14.4. The molecule has 2 aromatic rings. The van der Waals surface area contributed by atoms with Crippen LogP contribution in [0.5, 0.6) is 5.75 Å². The Balaban J connectivity index is 1.71. The van der Waals surface area contributed by atoms with Gasteiger partial charge in [-0.15, -0.1) is 0 Å². The van der Waals surface area contributed by atoms with Crippen LogP contribution in [-0.4, -0.2) is 35.4 Å². The number of hydrogen-bond donors (Lipinski definition) is 1. The van der Waals surface area contributed by atoms with Crippen molar-refractivity contribution in [3.63, 3.8) is 0 Å². The van der Waals surface area contributed by atoms with Crippen molar-refractivity contribution in [1.29, 1.82) is 0 Å². The third-order valence-electron chi connectivity index (χ3n) is 5.53. The van der Waals surface area contributed by atoms with Gasteiger partial charge in [0.2, 0.25) is 5.91 Å².